The summed E-state index contributed by atoms with van der Waals surface area (Å²) in [4.78, 5) is 12.9. The van der Waals surface area contributed by atoms with E-state index < -0.39 is 0 Å². The van der Waals surface area contributed by atoms with Crippen molar-refractivity contribution in [3.8, 4) is 0 Å². The number of aromatic amines is 1. The second-order valence-electron chi connectivity index (χ2n) is 3.34. The minimum absolute atomic E-state index is 0.0600. The Morgan fingerprint density at radius 2 is 2.64 bits per heavy atom. The number of hydrogen-bond acceptors (Lipinski definition) is 3. The molecule has 1 N–H and O–H groups in total. The Morgan fingerprint density at radius 1 is 1.79 bits per heavy atom. The molecule has 0 aromatic carbocycles. The van der Waals surface area contributed by atoms with Crippen molar-refractivity contribution < 1.29 is 9.53 Å². The highest BCUT2D eigenvalue weighted by Gasteiger charge is 2.23. The number of ether oxygens (including phenoxy) is 1. The Kier molecular flexibility index (Phi) is 2.49. The number of hydrogen-bond donors (Lipinski definition) is 1. The van der Waals surface area contributed by atoms with Crippen LogP contribution in [-0.2, 0) is 9.53 Å². The molecule has 1 amide bonds. The van der Waals surface area contributed by atoms with Crippen molar-refractivity contribution in [2.24, 2.45) is 0 Å². The van der Waals surface area contributed by atoms with Crippen molar-refractivity contribution in [3.63, 3.8) is 0 Å². The lowest BCUT2D eigenvalue weighted by Crippen LogP contribution is -2.41. The van der Waals surface area contributed by atoms with Crippen molar-refractivity contribution in [2.45, 2.75) is 13.0 Å². The summed E-state index contributed by atoms with van der Waals surface area (Å²) < 4.78 is 5.54. The van der Waals surface area contributed by atoms with E-state index in [1.165, 1.54) is 0 Å². The number of H-pyrrole nitrogens is 1. The average Bonchev–Trinajstić information content (AvgIpc) is 2.71. The first-order valence-electron chi connectivity index (χ1n) is 4.64. The van der Waals surface area contributed by atoms with Gasteiger partial charge in [0.15, 0.2) is 0 Å². The fourth-order valence-electron chi connectivity index (χ4n) is 1.57. The van der Waals surface area contributed by atoms with E-state index in [1.54, 1.807) is 18.0 Å². The average molecular weight is 195 g/mol. The molecule has 1 aliphatic heterocycles. The van der Waals surface area contributed by atoms with Gasteiger partial charge in [-0.3, -0.25) is 9.89 Å². The topological polar surface area (TPSA) is 58.2 Å². The fourth-order valence-corrected chi connectivity index (χ4v) is 1.57. The van der Waals surface area contributed by atoms with E-state index >= 15 is 0 Å². The minimum atomic E-state index is -0.0600. The summed E-state index contributed by atoms with van der Waals surface area (Å²) in [7, 11) is 0. The van der Waals surface area contributed by atoms with Crippen LogP contribution in [0.4, 0.5) is 0 Å². The first-order valence-corrected chi connectivity index (χ1v) is 4.64. The number of carbonyl (C=O) groups excluding carboxylic acids is 1. The first-order chi connectivity index (χ1) is 6.77. The summed E-state index contributed by atoms with van der Waals surface area (Å²) in [6, 6.07) is 1.87. The third-order valence-corrected chi connectivity index (χ3v) is 2.38. The molecule has 5 nitrogen and oxygen atoms in total. The quantitative estimate of drug-likeness (QED) is 0.702. The molecule has 1 aromatic heterocycles. The lowest BCUT2D eigenvalue weighted by Gasteiger charge is -2.31. The van der Waals surface area contributed by atoms with Crippen LogP contribution in [0.1, 0.15) is 18.7 Å². The van der Waals surface area contributed by atoms with Gasteiger partial charge < -0.3 is 9.64 Å². The van der Waals surface area contributed by atoms with Crippen LogP contribution in [0.15, 0.2) is 12.3 Å². The van der Waals surface area contributed by atoms with Crippen LogP contribution in [0.5, 0.6) is 0 Å². The van der Waals surface area contributed by atoms with Gasteiger partial charge in [-0.05, 0) is 6.07 Å². The predicted octanol–water partition coefficient (Wildman–Crippen LogP) is 0.329. The Bertz CT molecular complexity index is 310. The van der Waals surface area contributed by atoms with Gasteiger partial charge in [-0.1, -0.05) is 0 Å². The smallest absolute Gasteiger partial charge is 0.219 e. The molecule has 2 heterocycles. The zero-order valence-corrected chi connectivity index (χ0v) is 8.06. The van der Waals surface area contributed by atoms with Crippen molar-refractivity contribution in [3.05, 3.63) is 18.0 Å². The molecule has 0 unspecified atom stereocenters. The molecule has 1 aliphatic rings. The number of nitrogens with one attached hydrogen (secondary N) is 1. The van der Waals surface area contributed by atoms with Crippen molar-refractivity contribution in [1.29, 1.82) is 0 Å². The maximum Gasteiger partial charge on any atom is 0.219 e. The SMILES string of the molecule is CC(=O)N1CCO[C@@H](c2ccn[nH]2)C1. The summed E-state index contributed by atoms with van der Waals surface area (Å²) in [5, 5.41) is 6.71. The fraction of sp³-hybridized carbons (Fsp3) is 0.556. The Hall–Kier alpha value is -1.36. The molecule has 1 aromatic rings. The highest BCUT2D eigenvalue weighted by Crippen LogP contribution is 2.19. The summed E-state index contributed by atoms with van der Waals surface area (Å²) in [6.45, 7) is 3.45. The molecule has 0 radical (unpaired) electrons. The summed E-state index contributed by atoms with van der Waals surface area (Å²) in [6.07, 6.45) is 1.63. The molecule has 2 rings (SSSR count). The second-order valence-corrected chi connectivity index (χ2v) is 3.34. The van der Waals surface area contributed by atoms with Gasteiger partial charge in [0.2, 0.25) is 5.91 Å². The summed E-state index contributed by atoms with van der Waals surface area (Å²) in [5.41, 5.74) is 0.927. The van der Waals surface area contributed by atoms with Crippen LogP contribution < -0.4 is 0 Å². The van der Waals surface area contributed by atoms with Crippen LogP contribution in [0.25, 0.3) is 0 Å². The monoisotopic (exact) mass is 195 g/mol. The highest BCUT2D eigenvalue weighted by molar-refractivity contribution is 5.73. The van der Waals surface area contributed by atoms with Gasteiger partial charge in [0.25, 0.3) is 0 Å². The van der Waals surface area contributed by atoms with Crippen LogP contribution in [-0.4, -0.2) is 40.7 Å². The number of amides is 1. The number of carbonyl (C=O) groups is 1. The molecule has 5 heteroatoms. The van der Waals surface area contributed by atoms with Crippen LogP contribution in [0.3, 0.4) is 0 Å². The Labute approximate surface area is 82.0 Å². The maximum atomic E-state index is 11.2. The van der Waals surface area contributed by atoms with Gasteiger partial charge in [0, 0.05) is 19.7 Å². The molecule has 1 fully saturated rings. The zero-order valence-electron chi connectivity index (χ0n) is 8.06. The molecule has 1 saturated heterocycles. The van der Waals surface area contributed by atoms with Crippen molar-refractivity contribution in [2.75, 3.05) is 19.7 Å². The number of rotatable bonds is 1. The van der Waals surface area contributed by atoms with Crippen LogP contribution in [0, 0.1) is 0 Å². The van der Waals surface area contributed by atoms with E-state index in [2.05, 4.69) is 10.2 Å². The van der Waals surface area contributed by atoms with E-state index in [9.17, 15) is 4.79 Å². The van der Waals surface area contributed by atoms with Crippen molar-refractivity contribution in [1.82, 2.24) is 15.1 Å². The molecule has 1 atom stereocenters. The third kappa shape index (κ3) is 1.77. The predicted molar refractivity (Wildman–Crippen MR) is 49.5 cm³/mol. The van der Waals surface area contributed by atoms with Crippen molar-refractivity contribution >= 4 is 5.91 Å². The summed E-state index contributed by atoms with van der Waals surface area (Å²) >= 11 is 0. The van der Waals surface area contributed by atoms with E-state index in [1.807, 2.05) is 6.07 Å². The Balaban J connectivity index is 2.04. The first kappa shape index (κ1) is 9.21. The van der Waals surface area contributed by atoms with Gasteiger partial charge in [-0.15, -0.1) is 0 Å². The normalized spacial score (nSPS) is 22.4. The maximum absolute atomic E-state index is 11.2. The molecular formula is C9H13N3O2. The molecule has 0 bridgehead atoms. The van der Waals surface area contributed by atoms with Crippen LogP contribution in [0.2, 0.25) is 0 Å². The highest BCUT2D eigenvalue weighted by atomic mass is 16.5. The minimum Gasteiger partial charge on any atom is -0.368 e. The zero-order chi connectivity index (χ0) is 9.97. The molecule has 0 spiro atoms. The van der Waals surface area contributed by atoms with E-state index in [0.29, 0.717) is 19.7 Å². The summed E-state index contributed by atoms with van der Waals surface area (Å²) in [5.74, 6) is 0.0952. The third-order valence-electron chi connectivity index (χ3n) is 2.38. The number of nitrogens with zero attached hydrogens (tertiary/aromatic N) is 2. The molecule has 0 saturated carbocycles. The second kappa shape index (κ2) is 3.79. The van der Waals surface area contributed by atoms with Crippen LogP contribution >= 0.6 is 0 Å². The standard InChI is InChI=1S/C9H13N3O2/c1-7(13)12-4-5-14-9(6-12)8-2-3-10-11-8/h2-3,9H,4-6H2,1H3,(H,10,11)/t9-/m1/s1. The van der Waals surface area contributed by atoms with E-state index in [-0.39, 0.29) is 12.0 Å². The van der Waals surface area contributed by atoms with E-state index in [0.717, 1.165) is 5.69 Å². The number of morpholine rings is 1. The van der Waals surface area contributed by atoms with Gasteiger partial charge in [-0.25, -0.2) is 0 Å². The molecule has 76 valence electrons. The Morgan fingerprint density at radius 3 is 3.29 bits per heavy atom. The van der Waals surface area contributed by atoms with Gasteiger partial charge in [0.05, 0.1) is 18.8 Å². The number of aromatic nitrogens is 2. The van der Waals surface area contributed by atoms with Gasteiger partial charge in [-0.2, -0.15) is 5.10 Å². The largest absolute Gasteiger partial charge is 0.368 e. The lowest BCUT2D eigenvalue weighted by molar-refractivity contribution is -0.136. The molecule has 0 aliphatic carbocycles. The van der Waals surface area contributed by atoms with Gasteiger partial charge in [0.1, 0.15) is 6.10 Å². The van der Waals surface area contributed by atoms with E-state index in [4.69, 9.17) is 4.74 Å². The van der Waals surface area contributed by atoms with Gasteiger partial charge >= 0.3 is 0 Å². The molecular weight excluding hydrogens is 182 g/mol. The lowest BCUT2D eigenvalue weighted by atomic mass is 10.2. The molecule has 14 heavy (non-hydrogen) atoms.